The van der Waals surface area contributed by atoms with Gasteiger partial charge in [-0.1, -0.05) is 0 Å². The smallest absolute Gasteiger partial charge is 0.341 e. The Hall–Kier alpha value is -2.42. The van der Waals surface area contributed by atoms with Crippen LogP contribution in [0.2, 0.25) is 0 Å². The Morgan fingerprint density at radius 1 is 1.12 bits per heavy atom. The van der Waals surface area contributed by atoms with Crippen LogP contribution in [-0.2, 0) is 4.74 Å². The summed E-state index contributed by atoms with van der Waals surface area (Å²) >= 11 is 1.02. The molecule has 2 aromatic rings. The number of anilines is 1. The maximum atomic E-state index is 13.7. The number of aryl methyl sites for hydroxylation is 1. The number of carbonyl (C=O) groups excluding carboxylic acids is 2. The maximum Gasteiger partial charge on any atom is 0.341 e. The molecular formula is C16H13F4NO3S. The minimum absolute atomic E-state index is 0.0444. The first-order valence-corrected chi connectivity index (χ1v) is 7.92. The molecule has 0 aliphatic carbocycles. The topological polar surface area (TPSA) is 55.4 Å². The van der Waals surface area contributed by atoms with Crippen molar-refractivity contribution in [2.24, 2.45) is 0 Å². The van der Waals surface area contributed by atoms with Gasteiger partial charge in [0.05, 0.1) is 17.7 Å². The van der Waals surface area contributed by atoms with Crippen LogP contribution in [0.15, 0.2) is 6.07 Å². The number of halogens is 4. The van der Waals surface area contributed by atoms with E-state index in [-0.39, 0.29) is 23.2 Å². The molecule has 0 spiro atoms. The first-order valence-electron chi connectivity index (χ1n) is 7.10. The predicted octanol–water partition coefficient (Wildman–Crippen LogP) is 4.35. The summed E-state index contributed by atoms with van der Waals surface area (Å²) in [5.74, 6) is -9.54. The number of amides is 1. The van der Waals surface area contributed by atoms with Gasteiger partial charge >= 0.3 is 5.97 Å². The fourth-order valence-electron chi connectivity index (χ4n) is 2.07. The number of hydrogen-bond acceptors (Lipinski definition) is 4. The molecule has 1 heterocycles. The molecule has 0 aliphatic heterocycles. The van der Waals surface area contributed by atoms with Crippen LogP contribution in [0.25, 0.3) is 0 Å². The van der Waals surface area contributed by atoms with E-state index >= 15 is 0 Å². The van der Waals surface area contributed by atoms with Gasteiger partial charge in [0.15, 0.2) is 23.3 Å². The zero-order chi connectivity index (χ0) is 18.9. The lowest BCUT2D eigenvalue weighted by atomic mass is 10.1. The lowest BCUT2D eigenvalue weighted by Crippen LogP contribution is -2.17. The van der Waals surface area contributed by atoms with E-state index in [9.17, 15) is 27.2 Å². The number of benzene rings is 1. The number of esters is 1. The lowest BCUT2D eigenvalue weighted by molar-refractivity contribution is 0.0527. The van der Waals surface area contributed by atoms with Crippen LogP contribution < -0.4 is 5.32 Å². The molecule has 0 saturated heterocycles. The summed E-state index contributed by atoms with van der Waals surface area (Å²) in [7, 11) is 0. The second kappa shape index (κ2) is 7.22. The van der Waals surface area contributed by atoms with Crippen LogP contribution in [0.5, 0.6) is 0 Å². The molecule has 0 saturated carbocycles. The summed E-state index contributed by atoms with van der Waals surface area (Å²) in [6.07, 6.45) is 0. The van der Waals surface area contributed by atoms with Gasteiger partial charge in [0.1, 0.15) is 5.00 Å². The molecule has 0 fully saturated rings. The molecule has 0 atom stereocenters. The summed E-state index contributed by atoms with van der Waals surface area (Å²) in [5.41, 5.74) is -0.397. The van der Waals surface area contributed by atoms with Crippen molar-refractivity contribution < 1.29 is 31.9 Å². The number of rotatable bonds is 4. The van der Waals surface area contributed by atoms with Crippen LogP contribution >= 0.6 is 11.3 Å². The van der Waals surface area contributed by atoms with Gasteiger partial charge in [0.25, 0.3) is 5.91 Å². The molecular weight excluding hydrogens is 362 g/mol. The Bertz CT molecular complexity index is 864. The highest BCUT2D eigenvalue weighted by molar-refractivity contribution is 7.16. The van der Waals surface area contributed by atoms with Crippen molar-refractivity contribution in [1.29, 1.82) is 0 Å². The average molecular weight is 375 g/mol. The molecule has 0 aliphatic rings. The van der Waals surface area contributed by atoms with Gasteiger partial charge < -0.3 is 10.1 Å². The number of carbonyl (C=O) groups is 2. The van der Waals surface area contributed by atoms with E-state index in [2.05, 4.69) is 5.32 Å². The van der Waals surface area contributed by atoms with Crippen molar-refractivity contribution in [1.82, 2.24) is 0 Å². The van der Waals surface area contributed by atoms with Crippen molar-refractivity contribution >= 4 is 28.2 Å². The molecule has 1 aromatic heterocycles. The highest BCUT2D eigenvalue weighted by atomic mass is 32.1. The SMILES string of the molecule is CCOC(=O)c1c(NC(=O)c2cc(F)c(F)c(F)c2F)sc(C)c1C. The zero-order valence-electron chi connectivity index (χ0n) is 13.4. The molecule has 1 N–H and O–H groups in total. The van der Waals surface area contributed by atoms with Gasteiger partial charge in [-0.05, 0) is 32.4 Å². The van der Waals surface area contributed by atoms with Crippen LogP contribution in [0.1, 0.15) is 38.1 Å². The van der Waals surface area contributed by atoms with Gasteiger partial charge in [-0.3, -0.25) is 4.79 Å². The Labute approximate surface area is 144 Å². The third-order valence-corrected chi connectivity index (χ3v) is 4.56. The Morgan fingerprint density at radius 2 is 1.76 bits per heavy atom. The van der Waals surface area contributed by atoms with E-state index in [0.717, 1.165) is 11.3 Å². The van der Waals surface area contributed by atoms with E-state index in [1.54, 1.807) is 20.8 Å². The summed E-state index contributed by atoms with van der Waals surface area (Å²) in [5, 5.41) is 2.27. The molecule has 0 radical (unpaired) electrons. The minimum atomic E-state index is -2.09. The van der Waals surface area contributed by atoms with Crippen LogP contribution in [0.3, 0.4) is 0 Å². The van der Waals surface area contributed by atoms with Gasteiger partial charge in [0.2, 0.25) is 0 Å². The molecule has 134 valence electrons. The monoisotopic (exact) mass is 375 g/mol. The molecule has 0 bridgehead atoms. The van der Waals surface area contributed by atoms with Gasteiger partial charge in [-0.15, -0.1) is 11.3 Å². The van der Waals surface area contributed by atoms with Crippen molar-refractivity contribution in [2.75, 3.05) is 11.9 Å². The highest BCUT2D eigenvalue weighted by Crippen LogP contribution is 2.33. The quantitative estimate of drug-likeness (QED) is 0.374. The molecule has 4 nitrogen and oxygen atoms in total. The number of hydrogen-bond donors (Lipinski definition) is 1. The number of ether oxygens (including phenoxy) is 1. The number of thiophene rings is 1. The Balaban J connectivity index is 2.43. The summed E-state index contributed by atoms with van der Waals surface area (Å²) in [6.45, 7) is 5.02. The van der Waals surface area contributed by atoms with E-state index in [1.165, 1.54) is 0 Å². The van der Waals surface area contributed by atoms with Crippen LogP contribution in [-0.4, -0.2) is 18.5 Å². The minimum Gasteiger partial charge on any atom is -0.462 e. The Kier molecular flexibility index (Phi) is 5.46. The summed E-state index contributed by atoms with van der Waals surface area (Å²) in [4.78, 5) is 24.9. The largest absolute Gasteiger partial charge is 0.462 e. The van der Waals surface area contributed by atoms with Gasteiger partial charge in [-0.25, -0.2) is 22.4 Å². The maximum absolute atomic E-state index is 13.7. The fourth-order valence-corrected chi connectivity index (χ4v) is 3.12. The number of nitrogens with one attached hydrogen (secondary N) is 1. The van der Waals surface area contributed by atoms with Gasteiger partial charge in [-0.2, -0.15) is 0 Å². The molecule has 1 amide bonds. The molecule has 0 unspecified atom stereocenters. The van der Waals surface area contributed by atoms with E-state index < -0.39 is 40.7 Å². The summed E-state index contributed by atoms with van der Waals surface area (Å²) < 4.78 is 58.2. The average Bonchev–Trinajstić information content (AvgIpc) is 2.83. The predicted molar refractivity (Wildman–Crippen MR) is 84.0 cm³/mol. The van der Waals surface area contributed by atoms with Crippen LogP contribution in [0.4, 0.5) is 22.6 Å². The highest BCUT2D eigenvalue weighted by Gasteiger charge is 2.26. The molecule has 2 rings (SSSR count). The third-order valence-electron chi connectivity index (χ3n) is 3.44. The normalized spacial score (nSPS) is 10.7. The standard InChI is InChI=1S/C16H13F4NO3S/c1-4-24-16(23)10-6(2)7(3)25-15(10)21-14(22)8-5-9(17)12(19)13(20)11(8)18/h5H,4H2,1-3H3,(H,21,22). The third kappa shape index (κ3) is 3.51. The second-order valence-corrected chi connectivity index (χ2v) is 6.23. The second-order valence-electron chi connectivity index (χ2n) is 5.01. The van der Waals surface area contributed by atoms with Crippen LogP contribution in [0, 0.1) is 37.1 Å². The van der Waals surface area contributed by atoms with Gasteiger partial charge in [0, 0.05) is 4.88 Å². The molecule has 1 aromatic carbocycles. The zero-order valence-corrected chi connectivity index (χ0v) is 14.2. The van der Waals surface area contributed by atoms with E-state index in [0.29, 0.717) is 10.4 Å². The van der Waals surface area contributed by atoms with Crippen molar-refractivity contribution in [3.63, 3.8) is 0 Å². The molecule has 25 heavy (non-hydrogen) atoms. The Morgan fingerprint density at radius 3 is 2.36 bits per heavy atom. The lowest BCUT2D eigenvalue weighted by Gasteiger charge is -2.08. The first-order chi connectivity index (χ1) is 11.7. The van der Waals surface area contributed by atoms with E-state index in [4.69, 9.17) is 4.74 Å². The van der Waals surface area contributed by atoms with Crippen molar-refractivity contribution in [2.45, 2.75) is 20.8 Å². The summed E-state index contributed by atoms with van der Waals surface area (Å²) in [6, 6.07) is 0.250. The van der Waals surface area contributed by atoms with E-state index in [1.807, 2.05) is 0 Å². The fraction of sp³-hybridized carbons (Fsp3) is 0.250. The first kappa shape index (κ1) is 18.9. The van der Waals surface area contributed by atoms with Crippen molar-refractivity contribution in [3.8, 4) is 0 Å². The molecule has 9 heteroatoms. The van der Waals surface area contributed by atoms with Crippen molar-refractivity contribution in [3.05, 3.63) is 50.9 Å².